The minimum atomic E-state index is -0.0502. The Balaban J connectivity index is 1.50. The van der Waals surface area contributed by atoms with Crippen molar-refractivity contribution in [3.05, 3.63) is 86.6 Å². The van der Waals surface area contributed by atoms with E-state index in [1.165, 1.54) is 16.9 Å². The summed E-state index contributed by atoms with van der Waals surface area (Å²) in [6.45, 7) is 2.99. The molecule has 0 fully saturated rings. The molecule has 3 aromatic rings. The molecule has 134 valence electrons. The summed E-state index contributed by atoms with van der Waals surface area (Å²) < 4.78 is 5.78. The Morgan fingerprint density at radius 1 is 1.12 bits per heavy atom. The smallest absolute Gasteiger partial charge is 0.261 e. The van der Waals surface area contributed by atoms with Crippen molar-refractivity contribution in [1.82, 2.24) is 5.32 Å². The van der Waals surface area contributed by atoms with Gasteiger partial charge in [0.05, 0.1) is 9.90 Å². The first-order valence-electron chi connectivity index (χ1n) is 8.40. The van der Waals surface area contributed by atoms with Crippen LogP contribution in [0.25, 0.3) is 0 Å². The van der Waals surface area contributed by atoms with Gasteiger partial charge in [-0.3, -0.25) is 4.79 Å². The van der Waals surface area contributed by atoms with Crippen LogP contribution in [0, 0.1) is 6.92 Å². The number of hydrogen-bond donors (Lipinski definition) is 1. The number of hydrogen-bond acceptors (Lipinski definition) is 3. The van der Waals surface area contributed by atoms with Crippen LogP contribution in [0.4, 0.5) is 0 Å². The van der Waals surface area contributed by atoms with E-state index in [1.54, 1.807) is 0 Å². The van der Waals surface area contributed by atoms with E-state index in [4.69, 9.17) is 16.3 Å². The highest BCUT2D eigenvalue weighted by Gasteiger charge is 2.10. The maximum atomic E-state index is 12.3. The molecule has 0 spiro atoms. The van der Waals surface area contributed by atoms with Crippen LogP contribution in [0.2, 0.25) is 5.02 Å². The molecule has 1 heterocycles. The van der Waals surface area contributed by atoms with Gasteiger partial charge in [0, 0.05) is 12.1 Å². The molecular weight excluding hydrogens is 366 g/mol. The molecule has 3 nitrogen and oxygen atoms in total. The van der Waals surface area contributed by atoms with E-state index >= 15 is 0 Å². The van der Waals surface area contributed by atoms with Crippen molar-refractivity contribution in [3.8, 4) is 5.75 Å². The second-order valence-corrected chi connectivity index (χ2v) is 7.35. The zero-order valence-electron chi connectivity index (χ0n) is 14.5. The summed E-state index contributed by atoms with van der Waals surface area (Å²) >= 11 is 7.56. The van der Waals surface area contributed by atoms with Gasteiger partial charge < -0.3 is 10.1 Å². The summed E-state index contributed by atoms with van der Waals surface area (Å²) in [4.78, 5) is 12.9. The van der Waals surface area contributed by atoms with Gasteiger partial charge in [-0.1, -0.05) is 48.0 Å². The van der Waals surface area contributed by atoms with Gasteiger partial charge in [0.15, 0.2) is 0 Å². The molecule has 0 bridgehead atoms. The molecule has 1 amide bonds. The summed E-state index contributed by atoms with van der Waals surface area (Å²) in [6.07, 6.45) is 0.819. The number of carbonyl (C=O) groups excluding carboxylic acids is 1. The highest BCUT2D eigenvalue weighted by atomic mass is 35.5. The zero-order valence-corrected chi connectivity index (χ0v) is 16.1. The number of aryl methyl sites for hydroxylation is 1. The van der Waals surface area contributed by atoms with E-state index in [1.807, 2.05) is 54.8 Å². The first kappa shape index (κ1) is 18.5. The fraction of sp³-hybridized carbons (Fsp3) is 0.190. The molecule has 0 aliphatic rings. The zero-order chi connectivity index (χ0) is 18.4. The van der Waals surface area contributed by atoms with Crippen molar-refractivity contribution < 1.29 is 9.53 Å². The molecule has 1 N–H and O–H groups in total. The van der Waals surface area contributed by atoms with Crippen LogP contribution in [0.3, 0.4) is 0 Å². The third-order valence-corrected chi connectivity index (χ3v) is 5.19. The lowest BCUT2D eigenvalue weighted by Gasteiger charge is -2.07. The average molecular weight is 386 g/mol. The van der Waals surface area contributed by atoms with E-state index < -0.39 is 0 Å². The Labute approximate surface area is 162 Å². The number of rotatable bonds is 7. The molecule has 0 aliphatic carbocycles. The lowest BCUT2D eigenvalue weighted by Crippen LogP contribution is -2.24. The Morgan fingerprint density at radius 2 is 1.92 bits per heavy atom. The van der Waals surface area contributed by atoms with Crippen molar-refractivity contribution in [2.24, 2.45) is 0 Å². The Hall–Kier alpha value is -2.30. The Kier molecular flexibility index (Phi) is 6.31. The molecule has 0 aliphatic heterocycles. The molecular formula is C21H20ClNO2S. The van der Waals surface area contributed by atoms with Crippen LogP contribution in [0.1, 0.15) is 26.4 Å². The predicted molar refractivity (Wildman–Crippen MR) is 107 cm³/mol. The van der Waals surface area contributed by atoms with E-state index in [0.717, 1.165) is 17.5 Å². The molecule has 0 radical (unpaired) electrons. The minimum Gasteiger partial charge on any atom is -0.487 e. The van der Waals surface area contributed by atoms with Gasteiger partial charge in [-0.05, 0) is 48.1 Å². The predicted octanol–water partition coefficient (Wildman–Crippen LogP) is 5.26. The van der Waals surface area contributed by atoms with E-state index in [0.29, 0.717) is 28.8 Å². The highest BCUT2D eigenvalue weighted by molar-refractivity contribution is 7.12. The van der Waals surface area contributed by atoms with E-state index in [-0.39, 0.29) is 5.91 Å². The number of amides is 1. The van der Waals surface area contributed by atoms with Gasteiger partial charge >= 0.3 is 0 Å². The van der Waals surface area contributed by atoms with Crippen molar-refractivity contribution in [3.63, 3.8) is 0 Å². The molecule has 0 saturated heterocycles. The van der Waals surface area contributed by atoms with Crippen LogP contribution in [-0.4, -0.2) is 12.5 Å². The summed E-state index contributed by atoms with van der Waals surface area (Å²) in [5.74, 6) is 0.609. The number of thiophene rings is 1. The first-order chi connectivity index (χ1) is 12.6. The van der Waals surface area contributed by atoms with Gasteiger partial charge in [0.2, 0.25) is 0 Å². The summed E-state index contributed by atoms with van der Waals surface area (Å²) in [5.41, 5.74) is 3.26. The largest absolute Gasteiger partial charge is 0.487 e. The van der Waals surface area contributed by atoms with Crippen molar-refractivity contribution >= 4 is 28.8 Å². The fourth-order valence-electron chi connectivity index (χ4n) is 2.50. The maximum absolute atomic E-state index is 12.3. The summed E-state index contributed by atoms with van der Waals surface area (Å²) in [7, 11) is 0. The Morgan fingerprint density at radius 3 is 2.73 bits per heavy atom. The Bertz CT molecular complexity index is 877. The quantitative estimate of drug-likeness (QED) is 0.602. The van der Waals surface area contributed by atoms with Gasteiger partial charge in [-0.15, -0.1) is 11.3 Å². The average Bonchev–Trinajstić information content (AvgIpc) is 3.12. The number of carbonyl (C=O) groups is 1. The first-order valence-corrected chi connectivity index (χ1v) is 9.66. The summed E-state index contributed by atoms with van der Waals surface area (Å²) in [6, 6.07) is 17.7. The molecule has 0 saturated carbocycles. The molecule has 0 unspecified atom stereocenters. The van der Waals surface area contributed by atoms with E-state index in [9.17, 15) is 4.79 Å². The van der Waals surface area contributed by atoms with Crippen molar-refractivity contribution in [1.29, 1.82) is 0 Å². The molecule has 1 aromatic heterocycles. The van der Waals surface area contributed by atoms with Crippen LogP contribution < -0.4 is 10.1 Å². The monoisotopic (exact) mass is 385 g/mol. The SMILES string of the molecule is Cc1ccc(Cl)c(OCc2csc(C(=O)NCCc3ccccc3)c2)c1. The second-order valence-electron chi connectivity index (χ2n) is 6.03. The standard InChI is InChI=1S/C21H20ClNO2S/c1-15-7-8-18(22)19(11-15)25-13-17-12-20(26-14-17)21(24)23-10-9-16-5-3-2-4-6-16/h2-8,11-12,14H,9-10,13H2,1H3,(H,23,24). The molecule has 0 atom stereocenters. The lowest BCUT2D eigenvalue weighted by atomic mass is 10.1. The maximum Gasteiger partial charge on any atom is 0.261 e. The van der Waals surface area contributed by atoms with Gasteiger partial charge in [-0.25, -0.2) is 0 Å². The number of halogens is 1. The van der Waals surface area contributed by atoms with Crippen molar-refractivity contribution in [2.75, 3.05) is 6.54 Å². The van der Waals surface area contributed by atoms with Gasteiger partial charge in [-0.2, -0.15) is 0 Å². The van der Waals surface area contributed by atoms with Crippen molar-refractivity contribution in [2.45, 2.75) is 20.0 Å². The van der Waals surface area contributed by atoms with Gasteiger partial charge in [0.1, 0.15) is 12.4 Å². The van der Waals surface area contributed by atoms with Crippen LogP contribution in [-0.2, 0) is 13.0 Å². The third kappa shape index (κ3) is 5.10. The van der Waals surface area contributed by atoms with Gasteiger partial charge in [0.25, 0.3) is 5.91 Å². The van der Waals surface area contributed by atoms with E-state index in [2.05, 4.69) is 17.4 Å². The van der Waals surface area contributed by atoms with Crippen LogP contribution in [0.5, 0.6) is 5.75 Å². The second kappa shape index (κ2) is 8.88. The molecule has 5 heteroatoms. The molecule has 2 aromatic carbocycles. The number of nitrogens with one attached hydrogen (secondary N) is 1. The fourth-order valence-corrected chi connectivity index (χ4v) is 3.49. The number of ether oxygens (including phenoxy) is 1. The number of benzene rings is 2. The molecule has 26 heavy (non-hydrogen) atoms. The topological polar surface area (TPSA) is 38.3 Å². The highest BCUT2D eigenvalue weighted by Crippen LogP contribution is 2.26. The summed E-state index contributed by atoms with van der Waals surface area (Å²) in [5, 5.41) is 5.49. The van der Waals surface area contributed by atoms with Crippen LogP contribution in [0.15, 0.2) is 60.0 Å². The minimum absolute atomic E-state index is 0.0502. The lowest BCUT2D eigenvalue weighted by molar-refractivity contribution is 0.0958. The van der Waals surface area contributed by atoms with Crippen LogP contribution >= 0.6 is 22.9 Å². The normalized spacial score (nSPS) is 10.5. The molecule has 3 rings (SSSR count). The third-order valence-electron chi connectivity index (χ3n) is 3.90.